The zero-order valence-electron chi connectivity index (χ0n) is 6.36. The van der Waals surface area contributed by atoms with Crippen molar-refractivity contribution in [2.75, 3.05) is 32.7 Å². The van der Waals surface area contributed by atoms with Crippen LogP contribution in [0.3, 0.4) is 0 Å². The van der Waals surface area contributed by atoms with E-state index >= 15 is 0 Å². The first-order chi connectivity index (χ1) is 5.27. The summed E-state index contributed by atoms with van der Waals surface area (Å²) in [6, 6.07) is -0.238. The Kier molecular flexibility index (Phi) is 1.58. The molecule has 3 fully saturated rings. The van der Waals surface area contributed by atoms with Gasteiger partial charge in [-0.2, -0.15) is 0 Å². The molecule has 11 heavy (non-hydrogen) atoms. The molecule has 2 bridgehead atoms. The summed E-state index contributed by atoms with van der Waals surface area (Å²) < 4.78 is 0. The van der Waals surface area contributed by atoms with E-state index in [0.29, 0.717) is 0 Å². The highest BCUT2D eigenvalue weighted by Gasteiger charge is 2.35. The quantitative estimate of drug-likeness (QED) is 0.532. The first kappa shape index (κ1) is 7.06. The van der Waals surface area contributed by atoms with Crippen molar-refractivity contribution >= 4 is 5.97 Å². The summed E-state index contributed by atoms with van der Waals surface area (Å²) in [6.45, 7) is 4.66. The van der Waals surface area contributed by atoms with Gasteiger partial charge in [0.1, 0.15) is 6.04 Å². The number of rotatable bonds is 1. The van der Waals surface area contributed by atoms with Crippen molar-refractivity contribution in [3.63, 3.8) is 0 Å². The molecule has 4 heteroatoms. The molecule has 3 heterocycles. The molecule has 0 unspecified atom stereocenters. The Labute approximate surface area is 65.4 Å². The molecule has 0 saturated carbocycles. The minimum atomic E-state index is -0.672. The molecule has 1 atom stereocenters. The molecule has 0 aromatic heterocycles. The van der Waals surface area contributed by atoms with E-state index < -0.39 is 5.97 Å². The molecular weight excluding hydrogens is 144 g/mol. The number of nitrogens with zero attached hydrogens (tertiary/aromatic N) is 2. The second-order valence-corrected chi connectivity index (χ2v) is 3.19. The number of carboxylic acids is 1. The number of carbonyl (C=O) groups is 1. The van der Waals surface area contributed by atoms with E-state index in [-0.39, 0.29) is 6.04 Å². The van der Waals surface area contributed by atoms with Crippen molar-refractivity contribution in [1.29, 1.82) is 0 Å². The van der Waals surface area contributed by atoms with Crippen LogP contribution in [0.1, 0.15) is 0 Å². The van der Waals surface area contributed by atoms with E-state index in [1.807, 2.05) is 0 Å². The Balaban J connectivity index is 2.08. The van der Waals surface area contributed by atoms with Gasteiger partial charge in [0.25, 0.3) is 0 Å². The molecule has 0 aromatic rings. The standard InChI is InChI=1S/C7H12N2O2/c10-7(11)6-5-8-1-3-9(6)4-2-8/h6H,1-5H2,(H,10,11)/t6-/m1/s1. The molecule has 4 nitrogen and oxygen atoms in total. The number of hydrogen-bond acceptors (Lipinski definition) is 3. The Morgan fingerprint density at radius 2 is 1.91 bits per heavy atom. The molecule has 3 saturated heterocycles. The Bertz CT molecular complexity index is 175. The van der Waals surface area contributed by atoms with Crippen molar-refractivity contribution < 1.29 is 9.90 Å². The average Bonchev–Trinajstić information content (AvgIpc) is 2.06. The first-order valence-corrected chi connectivity index (χ1v) is 3.96. The Hall–Kier alpha value is -0.610. The van der Waals surface area contributed by atoms with Gasteiger partial charge in [-0.1, -0.05) is 0 Å². The topological polar surface area (TPSA) is 43.8 Å². The van der Waals surface area contributed by atoms with Crippen LogP contribution in [0.4, 0.5) is 0 Å². The first-order valence-electron chi connectivity index (χ1n) is 3.96. The highest BCUT2D eigenvalue weighted by molar-refractivity contribution is 5.74. The highest BCUT2D eigenvalue weighted by atomic mass is 16.4. The lowest BCUT2D eigenvalue weighted by Gasteiger charge is -2.45. The Morgan fingerprint density at radius 1 is 1.27 bits per heavy atom. The van der Waals surface area contributed by atoms with Crippen molar-refractivity contribution in [3.05, 3.63) is 0 Å². The fourth-order valence-corrected chi connectivity index (χ4v) is 1.85. The van der Waals surface area contributed by atoms with Crippen LogP contribution in [0.15, 0.2) is 0 Å². The zero-order valence-corrected chi connectivity index (χ0v) is 6.36. The monoisotopic (exact) mass is 156 g/mol. The van der Waals surface area contributed by atoms with Crippen molar-refractivity contribution in [3.8, 4) is 0 Å². The van der Waals surface area contributed by atoms with E-state index in [1.54, 1.807) is 0 Å². The second-order valence-electron chi connectivity index (χ2n) is 3.19. The third kappa shape index (κ3) is 1.12. The molecule has 0 aromatic carbocycles. The molecule has 3 rings (SSSR count). The molecule has 1 N–H and O–H groups in total. The lowest BCUT2D eigenvalue weighted by atomic mass is 10.1. The molecule has 0 amide bonds. The van der Waals surface area contributed by atoms with Crippen molar-refractivity contribution in [2.24, 2.45) is 0 Å². The van der Waals surface area contributed by atoms with E-state index in [9.17, 15) is 4.79 Å². The maximum absolute atomic E-state index is 10.7. The SMILES string of the molecule is O=C(O)[C@H]1CN2CCN1CC2. The van der Waals surface area contributed by atoms with E-state index in [1.165, 1.54) is 0 Å². The van der Waals surface area contributed by atoms with Crippen LogP contribution < -0.4 is 0 Å². The Morgan fingerprint density at radius 3 is 2.18 bits per heavy atom. The number of aliphatic carboxylic acids is 1. The summed E-state index contributed by atoms with van der Waals surface area (Å²) in [4.78, 5) is 15.0. The van der Waals surface area contributed by atoms with Gasteiger partial charge in [-0.15, -0.1) is 0 Å². The minimum Gasteiger partial charge on any atom is -0.480 e. The van der Waals surface area contributed by atoms with Gasteiger partial charge < -0.3 is 5.11 Å². The molecule has 3 aliphatic heterocycles. The van der Waals surface area contributed by atoms with Crippen molar-refractivity contribution in [1.82, 2.24) is 9.80 Å². The fourth-order valence-electron chi connectivity index (χ4n) is 1.85. The summed E-state index contributed by atoms with van der Waals surface area (Å²) in [5.41, 5.74) is 0. The molecule has 62 valence electrons. The van der Waals surface area contributed by atoms with E-state index in [0.717, 1.165) is 32.7 Å². The molecular formula is C7H12N2O2. The van der Waals surface area contributed by atoms with Crippen LogP contribution in [0.5, 0.6) is 0 Å². The van der Waals surface area contributed by atoms with Gasteiger partial charge >= 0.3 is 5.97 Å². The lowest BCUT2D eigenvalue weighted by Crippen LogP contribution is -2.63. The molecule has 0 spiro atoms. The average molecular weight is 156 g/mol. The lowest BCUT2D eigenvalue weighted by molar-refractivity contribution is -0.148. The van der Waals surface area contributed by atoms with Crippen LogP contribution in [-0.2, 0) is 4.79 Å². The highest BCUT2D eigenvalue weighted by Crippen LogP contribution is 2.15. The smallest absolute Gasteiger partial charge is 0.322 e. The predicted octanol–water partition coefficient (Wildman–Crippen LogP) is -0.929. The molecule has 0 aliphatic carbocycles. The summed E-state index contributed by atoms with van der Waals surface area (Å²) in [7, 11) is 0. The predicted molar refractivity (Wildman–Crippen MR) is 39.4 cm³/mol. The molecule has 3 aliphatic rings. The maximum Gasteiger partial charge on any atom is 0.322 e. The van der Waals surface area contributed by atoms with E-state index in [2.05, 4.69) is 9.80 Å². The summed E-state index contributed by atoms with van der Waals surface area (Å²) in [6.07, 6.45) is 0. The van der Waals surface area contributed by atoms with Gasteiger partial charge in [-0.25, -0.2) is 0 Å². The number of carboxylic acid groups (broad SMARTS) is 1. The maximum atomic E-state index is 10.7. The van der Waals surface area contributed by atoms with Crippen LogP contribution in [0.2, 0.25) is 0 Å². The van der Waals surface area contributed by atoms with Crippen LogP contribution in [-0.4, -0.2) is 59.6 Å². The largest absolute Gasteiger partial charge is 0.480 e. The van der Waals surface area contributed by atoms with Gasteiger partial charge in [0.05, 0.1) is 0 Å². The van der Waals surface area contributed by atoms with Gasteiger partial charge in [-0.3, -0.25) is 14.6 Å². The van der Waals surface area contributed by atoms with Crippen LogP contribution in [0.25, 0.3) is 0 Å². The second kappa shape index (κ2) is 2.46. The minimum absolute atomic E-state index is 0.238. The zero-order chi connectivity index (χ0) is 7.84. The van der Waals surface area contributed by atoms with Gasteiger partial charge in [0.15, 0.2) is 0 Å². The number of hydrogen-bond donors (Lipinski definition) is 1. The van der Waals surface area contributed by atoms with Gasteiger partial charge in [0.2, 0.25) is 0 Å². The third-order valence-electron chi connectivity index (χ3n) is 2.56. The van der Waals surface area contributed by atoms with Crippen LogP contribution >= 0.6 is 0 Å². The van der Waals surface area contributed by atoms with Gasteiger partial charge in [-0.05, 0) is 0 Å². The van der Waals surface area contributed by atoms with E-state index in [4.69, 9.17) is 5.11 Å². The normalized spacial score (nSPS) is 42.4. The summed E-state index contributed by atoms with van der Waals surface area (Å²) in [5, 5.41) is 8.79. The number of fused-ring (bicyclic) bond motifs is 3. The number of piperazine rings is 3. The van der Waals surface area contributed by atoms with Gasteiger partial charge in [0, 0.05) is 32.7 Å². The third-order valence-corrected chi connectivity index (χ3v) is 2.56. The summed E-state index contributed by atoms with van der Waals surface area (Å²) >= 11 is 0. The van der Waals surface area contributed by atoms with Crippen molar-refractivity contribution in [2.45, 2.75) is 6.04 Å². The fraction of sp³-hybridized carbons (Fsp3) is 0.857. The molecule has 0 radical (unpaired) electrons. The summed E-state index contributed by atoms with van der Waals surface area (Å²) in [5.74, 6) is -0.672. The van der Waals surface area contributed by atoms with Crippen LogP contribution in [0, 0.1) is 0 Å².